The highest BCUT2D eigenvalue weighted by Crippen LogP contribution is 2.12. The second-order valence-electron chi connectivity index (χ2n) is 3.90. The molecule has 2 N–H and O–H groups in total. The summed E-state index contributed by atoms with van der Waals surface area (Å²) in [6.07, 6.45) is 1.72. The molecule has 16 heavy (non-hydrogen) atoms. The number of hydrogen-bond acceptors (Lipinski definition) is 4. The zero-order valence-electron chi connectivity index (χ0n) is 9.46. The number of pyridine rings is 1. The standard InChI is InChI=1S/C11H15N5/c1-15(2)8-9-7-10(12)16(14-9)11-5-3-4-6-13-11/h3-7H,8,12H2,1-2H3. The number of rotatable bonds is 3. The highest BCUT2D eigenvalue weighted by Gasteiger charge is 2.07. The third-order valence-corrected chi connectivity index (χ3v) is 2.13. The van der Waals surface area contributed by atoms with Crippen LogP contribution in [-0.2, 0) is 6.54 Å². The molecule has 0 aliphatic carbocycles. The average Bonchev–Trinajstić information content (AvgIpc) is 2.60. The molecule has 0 saturated carbocycles. The van der Waals surface area contributed by atoms with Gasteiger partial charge in [-0.05, 0) is 26.2 Å². The molecule has 0 unspecified atom stereocenters. The highest BCUT2D eigenvalue weighted by molar-refractivity contribution is 5.39. The lowest BCUT2D eigenvalue weighted by Crippen LogP contribution is -2.11. The number of nitrogen functional groups attached to an aromatic ring is 1. The Labute approximate surface area is 94.5 Å². The minimum absolute atomic E-state index is 0.607. The lowest BCUT2D eigenvalue weighted by Gasteiger charge is -2.05. The Hall–Kier alpha value is -1.88. The summed E-state index contributed by atoms with van der Waals surface area (Å²) >= 11 is 0. The molecule has 0 aromatic carbocycles. The van der Waals surface area contributed by atoms with Crippen LogP contribution in [0, 0.1) is 0 Å². The van der Waals surface area contributed by atoms with Crippen LogP contribution in [-0.4, -0.2) is 33.8 Å². The van der Waals surface area contributed by atoms with E-state index >= 15 is 0 Å². The van der Waals surface area contributed by atoms with Crippen molar-refractivity contribution in [2.24, 2.45) is 0 Å². The van der Waals surface area contributed by atoms with Gasteiger partial charge in [-0.3, -0.25) is 0 Å². The van der Waals surface area contributed by atoms with E-state index in [9.17, 15) is 0 Å². The SMILES string of the molecule is CN(C)Cc1cc(N)n(-c2ccccn2)n1. The fourth-order valence-corrected chi connectivity index (χ4v) is 1.51. The summed E-state index contributed by atoms with van der Waals surface area (Å²) < 4.78 is 1.65. The molecule has 0 radical (unpaired) electrons. The summed E-state index contributed by atoms with van der Waals surface area (Å²) in [4.78, 5) is 6.26. The molecule has 2 heterocycles. The maximum absolute atomic E-state index is 5.89. The molecule has 0 fully saturated rings. The molecule has 0 amide bonds. The van der Waals surface area contributed by atoms with Gasteiger partial charge in [0.25, 0.3) is 0 Å². The lowest BCUT2D eigenvalue weighted by atomic mass is 10.4. The number of nitrogens with two attached hydrogens (primary N) is 1. The van der Waals surface area contributed by atoms with Crippen molar-refractivity contribution in [2.75, 3.05) is 19.8 Å². The van der Waals surface area contributed by atoms with Gasteiger partial charge in [0.1, 0.15) is 5.82 Å². The van der Waals surface area contributed by atoms with Gasteiger partial charge in [-0.2, -0.15) is 9.78 Å². The topological polar surface area (TPSA) is 60.0 Å². The van der Waals surface area contributed by atoms with Gasteiger partial charge in [0.05, 0.1) is 5.69 Å². The number of hydrogen-bond donors (Lipinski definition) is 1. The van der Waals surface area contributed by atoms with Crippen LogP contribution in [0.1, 0.15) is 5.69 Å². The fourth-order valence-electron chi connectivity index (χ4n) is 1.51. The van der Waals surface area contributed by atoms with Crippen LogP contribution in [0.25, 0.3) is 5.82 Å². The monoisotopic (exact) mass is 217 g/mol. The van der Waals surface area contributed by atoms with Gasteiger partial charge in [-0.25, -0.2) is 4.98 Å². The Bertz CT molecular complexity index is 460. The minimum atomic E-state index is 0.607. The summed E-state index contributed by atoms with van der Waals surface area (Å²) in [5, 5.41) is 4.41. The summed E-state index contributed by atoms with van der Waals surface area (Å²) in [5.41, 5.74) is 6.83. The van der Waals surface area contributed by atoms with E-state index in [4.69, 9.17) is 5.73 Å². The molecule has 0 saturated heterocycles. The van der Waals surface area contributed by atoms with E-state index in [0.717, 1.165) is 18.1 Å². The van der Waals surface area contributed by atoms with Crippen LogP contribution < -0.4 is 5.73 Å². The molecular weight excluding hydrogens is 202 g/mol. The number of aromatic nitrogens is 3. The fraction of sp³-hybridized carbons (Fsp3) is 0.273. The molecule has 0 bridgehead atoms. The molecule has 0 spiro atoms. The van der Waals surface area contributed by atoms with Crippen LogP contribution in [0.2, 0.25) is 0 Å². The Kier molecular flexibility index (Phi) is 2.87. The maximum atomic E-state index is 5.89. The van der Waals surface area contributed by atoms with Gasteiger partial charge in [0.15, 0.2) is 5.82 Å². The largest absolute Gasteiger partial charge is 0.384 e. The van der Waals surface area contributed by atoms with Crippen LogP contribution in [0.4, 0.5) is 5.82 Å². The van der Waals surface area contributed by atoms with Crippen LogP contribution in [0.5, 0.6) is 0 Å². The summed E-state index contributed by atoms with van der Waals surface area (Å²) in [6.45, 7) is 0.768. The Morgan fingerprint density at radius 2 is 2.19 bits per heavy atom. The lowest BCUT2D eigenvalue weighted by molar-refractivity contribution is 0.395. The van der Waals surface area contributed by atoms with Crippen LogP contribution >= 0.6 is 0 Å². The Balaban J connectivity index is 2.32. The van der Waals surface area contributed by atoms with Crippen molar-refractivity contribution in [2.45, 2.75) is 6.54 Å². The first kappa shape index (κ1) is 10.6. The van der Waals surface area contributed by atoms with Crippen molar-refractivity contribution in [3.63, 3.8) is 0 Å². The molecule has 5 heteroatoms. The van der Waals surface area contributed by atoms with E-state index < -0.39 is 0 Å². The van der Waals surface area contributed by atoms with Gasteiger partial charge in [0, 0.05) is 18.8 Å². The van der Waals surface area contributed by atoms with Crippen molar-refractivity contribution in [1.82, 2.24) is 19.7 Å². The first-order valence-electron chi connectivity index (χ1n) is 5.07. The van der Waals surface area contributed by atoms with Gasteiger partial charge < -0.3 is 10.6 Å². The average molecular weight is 217 g/mol. The highest BCUT2D eigenvalue weighted by atomic mass is 15.3. The van der Waals surface area contributed by atoms with E-state index in [2.05, 4.69) is 10.1 Å². The van der Waals surface area contributed by atoms with Gasteiger partial charge in [-0.1, -0.05) is 6.07 Å². The van der Waals surface area contributed by atoms with Crippen LogP contribution in [0.15, 0.2) is 30.5 Å². The molecule has 84 valence electrons. The van der Waals surface area contributed by atoms with E-state index in [1.807, 2.05) is 43.3 Å². The predicted octanol–water partition coefficient (Wildman–Crippen LogP) is 0.911. The van der Waals surface area contributed by atoms with Gasteiger partial charge in [0.2, 0.25) is 0 Å². The summed E-state index contributed by atoms with van der Waals surface area (Å²) in [7, 11) is 3.99. The molecule has 0 aliphatic rings. The first-order valence-corrected chi connectivity index (χ1v) is 5.07. The molecule has 0 aliphatic heterocycles. The second-order valence-corrected chi connectivity index (χ2v) is 3.90. The van der Waals surface area contributed by atoms with E-state index in [0.29, 0.717) is 5.82 Å². The van der Waals surface area contributed by atoms with Gasteiger partial charge in [-0.15, -0.1) is 0 Å². The smallest absolute Gasteiger partial charge is 0.155 e. The molecule has 2 aromatic heterocycles. The zero-order valence-corrected chi connectivity index (χ0v) is 9.46. The molecule has 0 atom stereocenters. The molecular formula is C11H15N5. The number of nitrogens with zero attached hydrogens (tertiary/aromatic N) is 4. The second kappa shape index (κ2) is 4.32. The van der Waals surface area contributed by atoms with Crippen molar-refractivity contribution in [1.29, 1.82) is 0 Å². The van der Waals surface area contributed by atoms with Crippen molar-refractivity contribution >= 4 is 5.82 Å². The van der Waals surface area contributed by atoms with Crippen molar-refractivity contribution < 1.29 is 0 Å². The summed E-state index contributed by atoms with van der Waals surface area (Å²) in [6, 6.07) is 7.52. The quantitative estimate of drug-likeness (QED) is 0.830. The first-order chi connectivity index (χ1) is 7.66. The van der Waals surface area contributed by atoms with Crippen molar-refractivity contribution in [3.8, 4) is 5.82 Å². The molecule has 5 nitrogen and oxygen atoms in total. The van der Waals surface area contributed by atoms with Crippen molar-refractivity contribution in [3.05, 3.63) is 36.2 Å². The third kappa shape index (κ3) is 2.20. The Morgan fingerprint density at radius 1 is 1.38 bits per heavy atom. The third-order valence-electron chi connectivity index (χ3n) is 2.13. The van der Waals surface area contributed by atoms with Crippen LogP contribution in [0.3, 0.4) is 0 Å². The minimum Gasteiger partial charge on any atom is -0.384 e. The van der Waals surface area contributed by atoms with E-state index in [1.165, 1.54) is 0 Å². The molecule has 2 aromatic rings. The van der Waals surface area contributed by atoms with E-state index in [1.54, 1.807) is 10.9 Å². The number of anilines is 1. The zero-order chi connectivity index (χ0) is 11.5. The van der Waals surface area contributed by atoms with Gasteiger partial charge >= 0.3 is 0 Å². The van der Waals surface area contributed by atoms with E-state index in [-0.39, 0.29) is 0 Å². The Morgan fingerprint density at radius 3 is 2.81 bits per heavy atom. The summed E-state index contributed by atoms with van der Waals surface area (Å²) in [5.74, 6) is 1.35. The maximum Gasteiger partial charge on any atom is 0.155 e. The molecule has 2 rings (SSSR count). The predicted molar refractivity (Wildman–Crippen MR) is 63.2 cm³/mol. The normalized spacial score (nSPS) is 10.9.